The number of ketones is 1. The zero-order valence-corrected chi connectivity index (χ0v) is 11.5. The van der Waals surface area contributed by atoms with E-state index in [1.54, 1.807) is 0 Å². The van der Waals surface area contributed by atoms with Crippen LogP contribution in [0.1, 0.15) is 23.2 Å². The molecule has 2 atom stereocenters. The van der Waals surface area contributed by atoms with Crippen molar-refractivity contribution in [3.05, 3.63) is 29.6 Å². The molecule has 2 saturated heterocycles. The lowest BCUT2D eigenvalue weighted by molar-refractivity contribution is -0.124. The van der Waals surface area contributed by atoms with Crippen LogP contribution in [0.3, 0.4) is 0 Å². The second kappa shape index (κ2) is 5.44. The summed E-state index contributed by atoms with van der Waals surface area (Å²) >= 11 is 0. The van der Waals surface area contributed by atoms with Gasteiger partial charge in [0.15, 0.2) is 5.78 Å². The number of phenolic OH excluding ortho intramolecular Hbond substituents is 1. The predicted molar refractivity (Wildman–Crippen MR) is 73.5 cm³/mol. The standard InChI is InChI=1S/C15H17FN2O3/c16-9-3-4-13(19)11(6-9)14(20)8-18-5-1-2-10-12(18)7-17-15(10)21/h3-4,6,10,12,19H,1-2,5,7-8H2,(H,17,21). The van der Waals surface area contributed by atoms with Gasteiger partial charge in [0.25, 0.3) is 0 Å². The van der Waals surface area contributed by atoms with Gasteiger partial charge in [0.1, 0.15) is 11.6 Å². The monoisotopic (exact) mass is 292 g/mol. The summed E-state index contributed by atoms with van der Waals surface area (Å²) in [5.41, 5.74) is -0.00518. The fraction of sp³-hybridized carbons (Fsp3) is 0.467. The summed E-state index contributed by atoms with van der Waals surface area (Å²) in [6.45, 7) is 1.37. The van der Waals surface area contributed by atoms with Crippen LogP contribution in [0.5, 0.6) is 5.75 Å². The average Bonchev–Trinajstić information content (AvgIpc) is 2.84. The van der Waals surface area contributed by atoms with Gasteiger partial charge in [-0.1, -0.05) is 0 Å². The SMILES string of the molecule is O=C(CN1CCCC2C(=O)NCC21)c1cc(F)ccc1O. The van der Waals surface area contributed by atoms with Gasteiger partial charge in [-0.25, -0.2) is 4.39 Å². The number of piperidine rings is 1. The molecule has 112 valence electrons. The van der Waals surface area contributed by atoms with Crippen LogP contribution in [-0.4, -0.2) is 47.4 Å². The largest absolute Gasteiger partial charge is 0.507 e. The Morgan fingerprint density at radius 3 is 3.10 bits per heavy atom. The number of fused-ring (bicyclic) bond motifs is 1. The van der Waals surface area contributed by atoms with Crippen molar-refractivity contribution in [2.45, 2.75) is 18.9 Å². The number of hydrogen-bond acceptors (Lipinski definition) is 4. The minimum absolute atomic E-state index is 0.00518. The molecule has 6 heteroatoms. The van der Waals surface area contributed by atoms with Crippen molar-refractivity contribution in [3.63, 3.8) is 0 Å². The maximum absolute atomic E-state index is 13.2. The predicted octanol–water partition coefficient (Wildman–Crippen LogP) is 0.924. The number of carbonyl (C=O) groups excluding carboxylic acids is 2. The first kappa shape index (κ1) is 14.0. The van der Waals surface area contributed by atoms with E-state index in [4.69, 9.17) is 0 Å². The van der Waals surface area contributed by atoms with Crippen molar-refractivity contribution >= 4 is 11.7 Å². The number of likely N-dealkylation sites (tertiary alicyclic amines) is 1. The summed E-state index contributed by atoms with van der Waals surface area (Å²) in [6, 6.07) is 3.37. The lowest BCUT2D eigenvalue weighted by atomic mass is 9.91. The maximum atomic E-state index is 13.2. The van der Waals surface area contributed by atoms with Gasteiger partial charge in [-0.2, -0.15) is 0 Å². The molecule has 2 heterocycles. The van der Waals surface area contributed by atoms with E-state index in [0.717, 1.165) is 31.5 Å². The first-order chi connectivity index (χ1) is 10.1. The Balaban J connectivity index is 1.75. The number of Topliss-reactive ketones (excluding diaryl/α,β-unsaturated/α-hetero) is 1. The van der Waals surface area contributed by atoms with Crippen LogP contribution in [0.25, 0.3) is 0 Å². The second-order valence-corrected chi connectivity index (χ2v) is 5.62. The Morgan fingerprint density at radius 2 is 2.29 bits per heavy atom. The normalized spacial score (nSPS) is 25.5. The number of carbonyl (C=O) groups is 2. The van der Waals surface area contributed by atoms with Crippen molar-refractivity contribution in [3.8, 4) is 5.75 Å². The van der Waals surface area contributed by atoms with Gasteiger partial charge >= 0.3 is 0 Å². The number of aromatic hydroxyl groups is 1. The van der Waals surface area contributed by atoms with E-state index in [0.29, 0.717) is 6.54 Å². The summed E-state index contributed by atoms with van der Waals surface area (Å²) < 4.78 is 13.2. The summed E-state index contributed by atoms with van der Waals surface area (Å²) in [6.07, 6.45) is 1.70. The Labute approximate surface area is 121 Å². The summed E-state index contributed by atoms with van der Waals surface area (Å²) in [4.78, 5) is 25.9. The van der Waals surface area contributed by atoms with E-state index in [-0.39, 0.29) is 41.5 Å². The van der Waals surface area contributed by atoms with Gasteiger partial charge in [0, 0.05) is 12.6 Å². The smallest absolute Gasteiger partial charge is 0.224 e. The third kappa shape index (κ3) is 2.63. The Kier molecular flexibility index (Phi) is 3.63. The highest BCUT2D eigenvalue weighted by atomic mass is 19.1. The molecule has 0 bridgehead atoms. The highest BCUT2D eigenvalue weighted by Crippen LogP contribution is 2.28. The average molecular weight is 292 g/mol. The third-order valence-electron chi connectivity index (χ3n) is 4.32. The molecule has 2 N–H and O–H groups in total. The highest BCUT2D eigenvalue weighted by molar-refractivity contribution is 6.00. The summed E-state index contributed by atoms with van der Waals surface area (Å²) in [5, 5.41) is 12.5. The minimum Gasteiger partial charge on any atom is -0.507 e. The van der Waals surface area contributed by atoms with E-state index in [1.807, 2.05) is 4.90 Å². The molecule has 1 amide bonds. The van der Waals surface area contributed by atoms with E-state index < -0.39 is 5.82 Å². The van der Waals surface area contributed by atoms with Gasteiger partial charge in [0.2, 0.25) is 5.91 Å². The molecule has 5 nitrogen and oxygen atoms in total. The van der Waals surface area contributed by atoms with Crippen LogP contribution in [0.2, 0.25) is 0 Å². The molecule has 3 rings (SSSR count). The number of benzene rings is 1. The topological polar surface area (TPSA) is 69.6 Å². The molecule has 2 fully saturated rings. The number of halogens is 1. The molecular formula is C15H17FN2O3. The molecule has 1 aromatic rings. The van der Waals surface area contributed by atoms with Crippen LogP contribution < -0.4 is 5.32 Å². The Bertz CT molecular complexity index is 590. The molecule has 0 radical (unpaired) electrons. The van der Waals surface area contributed by atoms with Gasteiger partial charge in [-0.15, -0.1) is 0 Å². The molecular weight excluding hydrogens is 275 g/mol. The summed E-state index contributed by atoms with van der Waals surface area (Å²) in [5.74, 6) is -1.11. The molecule has 2 aliphatic heterocycles. The molecule has 0 aliphatic carbocycles. The fourth-order valence-electron chi connectivity index (χ4n) is 3.24. The van der Waals surface area contributed by atoms with Gasteiger partial charge in [-0.3, -0.25) is 14.5 Å². The van der Waals surface area contributed by atoms with E-state index in [2.05, 4.69) is 5.32 Å². The summed E-state index contributed by atoms with van der Waals surface area (Å²) in [7, 11) is 0. The highest BCUT2D eigenvalue weighted by Gasteiger charge is 2.41. The van der Waals surface area contributed by atoms with Crippen LogP contribution in [0.15, 0.2) is 18.2 Å². The van der Waals surface area contributed by atoms with Crippen LogP contribution in [0, 0.1) is 11.7 Å². The fourth-order valence-corrected chi connectivity index (χ4v) is 3.24. The third-order valence-corrected chi connectivity index (χ3v) is 4.32. The van der Waals surface area contributed by atoms with E-state index in [9.17, 15) is 19.1 Å². The van der Waals surface area contributed by atoms with Crippen molar-refractivity contribution in [1.82, 2.24) is 10.2 Å². The lowest BCUT2D eigenvalue weighted by Gasteiger charge is -2.35. The van der Waals surface area contributed by atoms with Crippen LogP contribution >= 0.6 is 0 Å². The molecule has 21 heavy (non-hydrogen) atoms. The number of rotatable bonds is 3. The first-order valence-corrected chi connectivity index (χ1v) is 7.10. The quantitative estimate of drug-likeness (QED) is 0.813. The Hall–Kier alpha value is -1.95. The first-order valence-electron chi connectivity index (χ1n) is 7.10. The molecule has 2 aliphatic rings. The zero-order valence-electron chi connectivity index (χ0n) is 11.5. The van der Waals surface area contributed by atoms with Gasteiger partial charge in [0.05, 0.1) is 18.0 Å². The van der Waals surface area contributed by atoms with Crippen molar-refractivity contribution in [2.75, 3.05) is 19.6 Å². The number of phenols is 1. The number of amides is 1. The molecule has 2 unspecified atom stereocenters. The van der Waals surface area contributed by atoms with Gasteiger partial charge in [-0.05, 0) is 37.6 Å². The van der Waals surface area contributed by atoms with Crippen LogP contribution in [0.4, 0.5) is 4.39 Å². The van der Waals surface area contributed by atoms with Crippen LogP contribution in [-0.2, 0) is 4.79 Å². The molecule has 0 saturated carbocycles. The van der Waals surface area contributed by atoms with E-state index in [1.165, 1.54) is 6.07 Å². The molecule has 1 aromatic carbocycles. The van der Waals surface area contributed by atoms with E-state index >= 15 is 0 Å². The zero-order chi connectivity index (χ0) is 15.0. The number of nitrogens with one attached hydrogen (secondary N) is 1. The number of hydrogen-bond donors (Lipinski definition) is 2. The van der Waals surface area contributed by atoms with Crippen molar-refractivity contribution in [1.29, 1.82) is 0 Å². The molecule has 0 spiro atoms. The Morgan fingerprint density at radius 1 is 1.48 bits per heavy atom. The molecule has 0 aromatic heterocycles. The second-order valence-electron chi connectivity index (χ2n) is 5.62. The van der Waals surface area contributed by atoms with Crippen molar-refractivity contribution < 1.29 is 19.1 Å². The minimum atomic E-state index is -0.551. The number of nitrogens with zero attached hydrogens (tertiary/aromatic N) is 1. The lowest BCUT2D eigenvalue weighted by Crippen LogP contribution is -2.47. The van der Waals surface area contributed by atoms with Gasteiger partial charge < -0.3 is 10.4 Å². The van der Waals surface area contributed by atoms with Crippen molar-refractivity contribution in [2.24, 2.45) is 5.92 Å². The maximum Gasteiger partial charge on any atom is 0.224 e.